The number of nitrogens with two attached hydrogens (primary N) is 1. The highest BCUT2D eigenvalue weighted by Crippen LogP contribution is 2.19. The Bertz CT molecular complexity index is 912. The molecule has 0 aliphatic rings. The molecule has 0 aliphatic carbocycles. The van der Waals surface area contributed by atoms with Crippen LogP contribution in [0.5, 0.6) is 5.75 Å². The Labute approximate surface area is 229 Å². The second-order valence-electron chi connectivity index (χ2n) is 7.89. The van der Waals surface area contributed by atoms with Crippen molar-refractivity contribution in [2.75, 3.05) is 98.2 Å². The largest absolute Gasteiger partial charge is 0.489 e. The zero-order chi connectivity index (χ0) is 27.8. The molecular formula is C28H39NO10. The Balaban J connectivity index is 1.24. The Hall–Kier alpha value is -3.06. The molecule has 0 saturated heterocycles. The van der Waals surface area contributed by atoms with Crippen LogP contribution >= 0.6 is 0 Å². The van der Waals surface area contributed by atoms with Gasteiger partial charge in [0.2, 0.25) is 0 Å². The molecule has 2 rings (SSSR count). The SMILES string of the molecule is Nc1ccccc1OCCOCCOCCOCCOCCOCCOCCOC(=O)C(=O)c1ccccc1. The van der Waals surface area contributed by atoms with Crippen LogP contribution in [0.15, 0.2) is 54.6 Å². The van der Waals surface area contributed by atoms with Gasteiger partial charge in [-0.15, -0.1) is 0 Å². The van der Waals surface area contributed by atoms with Gasteiger partial charge in [0.05, 0.1) is 85.0 Å². The molecule has 0 spiro atoms. The van der Waals surface area contributed by atoms with E-state index in [-0.39, 0.29) is 13.2 Å². The standard InChI is InChI=1S/C28H39NO10/c29-25-8-4-5-9-26(25)38-22-20-36-18-16-34-14-12-32-10-11-33-13-15-35-17-19-37-21-23-39-28(31)27(30)24-6-2-1-3-7-24/h1-9H,10-23,29H2. The molecule has 0 atom stereocenters. The first kappa shape index (κ1) is 32.2. The number of nitrogen functional groups attached to an aromatic ring is 1. The summed E-state index contributed by atoms with van der Waals surface area (Å²) in [5, 5.41) is 0. The highest BCUT2D eigenvalue weighted by atomic mass is 16.6. The number of rotatable bonds is 24. The average Bonchev–Trinajstić information content (AvgIpc) is 2.96. The van der Waals surface area contributed by atoms with Crippen molar-refractivity contribution in [1.29, 1.82) is 0 Å². The number of ether oxygens (including phenoxy) is 8. The van der Waals surface area contributed by atoms with Crippen molar-refractivity contribution in [3.8, 4) is 5.75 Å². The van der Waals surface area contributed by atoms with Gasteiger partial charge in [-0.3, -0.25) is 4.79 Å². The van der Waals surface area contributed by atoms with Crippen molar-refractivity contribution >= 4 is 17.4 Å². The first-order chi connectivity index (χ1) is 19.2. The topological polar surface area (TPSA) is 134 Å². The van der Waals surface area contributed by atoms with Gasteiger partial charge in [-0.1, -0.05) is 42.5 Å². The third-order valence-corrected chi connectivity index (χ3v) is 4.95. The molecule has 0 amide bonds. The van der Waals surface area contributed by atoms with Crippen molar-refractivity contribution in [2.24, 2.45) is 0 Å². The van der Waals surface area contributed by atoms with Crippen molar-refractivity contribution in [1.82, 2.24) is 0 Å². The number of carbonyl (C=O) groups excluding carboxylic acids is 2. The van der Waals surface area contributed by atoms with Gasteiger partial charge in [-0.2, -0.15) is 0 Å². The van der Waals surface area contributed by atoms with Crippen molar-refractivity contribution < 1.29 is 47.5 Å². The summed E-state index contributed by atoms with van der Waals surface area (Å²) in [5.41, 5.74) is 6.71. The normalized spacial score (nSPS) is 10.9. The van der Waals surface area contributed by atoms with E-state index in [4.69, 9.17) is 43.6 Å². The van der Waals surface area contributed by atoms with Crippen molar-refractivity contribution in [3.63, 3.8) is 0 Å². The van der Waals surface area contributed by atoms with Crippen LogP contribution in [0.3, 0.4) is 0 Å². The lowest BCUT2D eigenvalue weighted by Gasteiger charge is -2.09. The Morgan fingerprint density at radius 1 is 0.513 bits per heavy atom. The monoisotopic (exact) mass is 549 g/mol. The molecule has 0 heterocycles. The number of Topliss-reactive ketones (excluding diaryl/α,β-unsaturated/α-hetero) is 1. The van der Waals surface area contributed by atoms with E-state index in [1.54, 1.807) is 36.4 Å². The van der Waals surface area contributed by atoms with Gasteiger partial charge in [0.25, 0.3) is 5.78 Å². The van der Waals surface area contributed by atoms with E-state index in [0.29, 0.717) is 96.3 Å². The summed E-state index contributed by atoms with van der Waals surface area (Å²) in [6, 6.07) is 15.6. The average molecular weight is 550 g/mol. The number of esters is 1. The Morgan fingerprint density at radius 3 is 1.41 bits per heavy atom. The summed E-state index contributed by atoms with van der Waals surface area (Å²) in [7, 11) is 0. The molecule has 0 aromatic heterocycles. The summed E-state index contributed by atoms with van der Waals surface area (Å²) in [5.74, 6) is -0.912. The Morgan fingerprint density at radius 2 is 0.923 bits per heavy atom. The summed E-state index contributed by atoms with van der Waals surface area (Å²) in [4.78, 5) is 23.5. The number of hydrogen-bond donors (Lipinski definition) is 1. The zero-order valence-corrected chi connectivity index (χ0v) is 22.3. The maximum Gasteiger partial charge on any atom is 0.379 e. The molecule has 0 fully saturated rings. The lowest BCUT2D eigenvalue weighted by atomic mass is 10.1. The lowest BCUT2D eigenvalue weighted by molar-refractivity contribution is -0.139. The highest BCUT2D eigenvalue weighted by molar-refractivity contribution is 6.40. The molecule has 0 saturated carbocycles. The predicted octanol–water partition coefficient (Wildman–Crippen LogP) is 2.17. The van der Waals surface area contributed by atoms with Crippen molar-refractivity contribution in [3.05, 3.63) is 60.2 Å². The number of benzene rings is 2. The first-order valence-electron chi connectivity index (χ1n) is 12.9. The molecule has 11 nitrogen and oxygen atoms in total. The maximum absolute atomic E-state index is 11.9. The molecule has 216 valence electrons. The maximum atomic E-state index is 11.9. The van der Waals surface area contributed by atoms with Crippen molar-refractivity contribution in [2.45, 2.75) is 0 Å². The van der Waals surface area contributed by atoms with Crippen LogP contribution in [-0.2, 0) is 38.0 Å². The minimum Gasteiger partial charge on any atom is -0.489 e. The van der Waals surface area contributed by atoms with Gasteiger partial charge in [0.15, 0.2) is 0 Å². The number of para-hydroxylation sites is 2. The quantitative estimate of drug-likeness (QED) is 0.0679. The molecule has 0 radical (unpaired) electrons. The van der Waals surface area contributed by atoms with E-state index in [1.165, 1.54) is 0 Å². The fourth-order valence-corrected chi connectivity index (χ4v) is 2.99. The third-order valence-electron chi connectivity index (χ3n) is 4.95. The minimum atomic E-state index is -0.896. The van der Waals surface area contributed by atoms with Crippen LogP contribution in [-0.4, -0.2) is 104 Å². The number of hydrogen-bond acceptors (Lipinski definition) is 11. The van der Waals surface area contributed by atoms with E-state index in [0.717, 1.165) is 0 Å². The molecule has 2 N–H and O–H groups in total. The number of anilines is 1. The van der Waals surface area contributed by atoms with Crippen LogP contribution in [0, 0.1) is 0 Å². The van der Waals surface area contributed by atoms with E-state index < -0.39 is 11.8 Å². The molecule has 2 aromatic carbocycles. The molecule has 39 heavy (non-hydrogen) atoms. The lowest BCUT2D eigenvalue weighted by Crippen LogP contribution is -2.20. The smallest absolute Gasteiger partial charge is 0.379 e. The van der Waals surface area contributed by atoms with Crippen LogP contribution in [0.2, 0.25) is 0 Å². The molecular weight excluding hydrogens is 510 g/mol. The molecule has 0 unspecified atom stereocenters. The van der Waals surface area contributed by atoms with Crippen LogP contribution in [0.4, 0.5) is 5.69 Å². The summed E-state index contributed by atoms with van der Waals surface area (Å²) >= 11 is 0. The van der Waals surface area contributed by atoms with Gasteiger partial charge >= 0.3 is 5.97 Å². The summed E-state index contributed by atoms with van der Waals surface area (Å²) in [6.07, 6.45) is 0. The van der Waals surface area contributed by atoms with E-state index in [9.17, 15) is 9.59 Å². The Kier molecular flexibility index (Phi) is 18.0. The summed E-state index contributed by atoms with van der Waals surface area (Å²) < 4.78 is 42.9. The van der Waals surface area contributed by atoms with E-state index in [1.807, 2.05) is 18.2 Å². The minimum absolute atomic E-state index is 0.000214. The van der Waals surface area contributed by atoms with E-state index in [2.05, 4.69) is 0 Å². The fraction of sp³-hybridized carbons (Fsp3) is 0.500. The number of ketones is 1. The van der Waals surface area contributed by atoms with Crippen LogP contribution in [0.25, 0.3) is 0 Å². The van der Waals surface area contributed by atoms with Crippen LogP contribution < -0.4 is 10.5 Å². The second-order valence-corrected chi connectivity index (χ2v) is 7.89. The fourth-order valence-electron chi connectivity index (χ4n) is 2.99. The third kappa shape index (κ3) is 15.8. The van der Waals surface area contributed by atoms with Gasteiger partial charge in [0, 0.05) is 5.56 Å². The first-order valence-corrected chi connectivity index (χ1v) is 12.9. The highest BCUT2D eigenvalue weighted by Gasteiger charge is 2.17. The van der Waals surface area contributed by atoms with E-state index >= 15 is 0 Å². The molecule has 11 heteroatoms. The summed E-state index contributed by atoms with van der Waals surface area (Å²) in [6.45, 7) is 5.49. The molecule has 0 bridgehead atoms. The van der Waals surface area contributed by atoms with Gasteiger partial charge in [-0.05, 0) is 12.1 Å². The zero-order valence-electron chi connectivity index (χ0n) is 22.3. The van der Waals surface area contributed by atoms with Gasteiger partial charge in [0.1, 0.15) is 19.0 Å². The van der Waals surface area contributed by atoms with Gasteiger partial charge in [-0.25, -0.2) is 4.79 Å². The van der Waals surface area contributed by atoms with Crippen LogP contribution in [0.1, 0.15) is 10.4 Å². The predicted molar refractivity (Wildman–Crippen MR) is 143 cm³/mol. The second kappa shape index (κ2) is 21.8. The van der Waals surface area contributed by atoms with Gasteiger partial charge < -0.3 is 43.6 Å². The number of carbonyl (C=O) groups is 2. The molecule has 2 aromatic rings. The molecule has 0 aliphatic heterocycles.